The molecule has 1 aromatic carbocycles. The molecule has 0 bridgehead atoms. The Bertz CT molecular complexity index is 578. The van der Waals surface area contributed by atoms with E-state index in [1.807, 2.05) is 44.4 Å². The predicted molar refractivity (Wildman–Crippen MR) is 82.1 cm³/mol. The van der Waals surface area contributed by atoms with Crippen molar-refractivity contribution in [1.29, 1.82) is 0 Å². The first-order valence-corrected chi connectivity index (χ1v) is 7.16. The summed E-state index contributed by atoms with van der Waals surface area (Å²) in [6.07, 6.45) is 3.52. The minimum Gasteiger partial charge on any atom is -0.494 e. The summed E-state index contributed by atoms with van der Waals surface area (Å²) in [5.74, 6) is 0.883. The summed E-state index contributed by atoms with van der Waals surface area (Å²) < 4.78 is 7.28. The van der Waals surface area contributed by atoms with Crippen LogP contribution in [0.4, 0.5) is 0 Å². The SMILES string of the molecule is CCOc1ccccc1CNCC(C)(O)c1cnn(C)c1. The molecule has 1 atom stereocenters. The van der Waals surface area contributed by atoms with Gasteiger partial charge in [-0.15, -0.1) is 0 Å². The Hall–Kier alpha value is -1.85. The van der Waals surface area contributed by atoms with Gasteiger partial charge in [-0.05, 0) is 19.9 Å². The quantitative estimate of drug-likeness (QED) is 0.816. The maximum Gasteiger partial charge on any atom is 0.123 e. The van der Waals surface area contributed by atoms with Gasteiger partial charge in [-0.1, -0.05) is 18.2 Å². The molecule has 5 nitrogen and oxygen atoms in total. The minimum absolute atomic E-state index is 0.444. The third kappa shape index (κ3) is 4.06. The number of nitrogens with one attached hydrogen (secondary N) is 1. The lowest BCUT2D eigenvalue weighted by Gasteiger charge is -2.22. The van der Waals surface area contributed by atoms with Crippen molar-refractivity contribution < 1.29 is 9.84 Å². The second-order valence-corrected chi connectivity index (χ2v) is 5.32. The molecule has 0 saturated carbocycles. The van der Waals surface area contributed by atoms with Crippen LogP contribution in [0.15, 0.2) is 36.7 Å². The van der Waals surface area contributed by atoms with Crippen LogP contribution in [-0.2, 0) is 19.2 Å². The molecule has 1 heterocycles. The van der Waals surface area contributed by atoms with E-state index in [9.17, 15) is 5.11 Å². The summed E-state index contributed by atoms with van der Waals surface area (Å²) in [5.41, 5.74) is 0.936. The van der Waals surface area contributed by atoms with E-state index < -0.39 is 5.60 Å². The van der Waals surface area contributed by atoms with Crippen molar-refractivity contribution in [2.45, 2.75) is 26.0 Å². The van der Waals surface area contributed by atoms with Gasteiger partial charge in [0.05, 0.1) is 12.8 Å². The van der Waals surface area contributed by atoms with E-state index in [2.05, 4.69) is 10.4 Å². The highest BCUT2D eigenvalue weighted by Gasteiger charge is 2.24. The Morgan fingerprint density at radius 3 is 2.81 bits per heavy atom. The summed E-state index contributed by atoms with van der Waals surface area (Å²) in [4.78, 5) is 0. The molecular formula is C16H23N3O2. The number of hydrogen-bond donors (Lipinski definition) is 2. The first kappa shape index (κ1) is 15.5. The van der Waals surface area contributed by atoms with Crippen molar-refractivity contribution in [2.75, 3.05) is 13.2 Å². The number of hydrogen-bond acceptors (Lipinski definition) is 4. The summed E-state index contributed by atoms with van der Waals surface area (Å²) in [5, 5.41) is 17.9. The van der Waals surface area contributed by atoms with Crippen molar-refractivity contribution in [3.05, 3.63) is 47.8 Å². The van der Waals surface area contributed by atoms with Crippen LogP contribution in [-0.4, -0.2) is 28.0 Å². The van der Waals surface area contributed by atoms with Gasteiger partial charge in [0, 0.05) is 37.5 Å². The maximum absolute atomic E-state index is 10.5. The van der Waals surface area contributed by atoms with E-state index >= 15 is 0 Å². The molecule has 21 heavy (non-hydrogen) atoms. The minimum atomic E-state index is -0.950. The van der Waals surface area contributed by atoms with Gasteiger partial charge in [-0.3, -0.25) is 4.68 Å². The highest BCUT2D eigenvalue weighted by molar-refractivity contribution is 5.33. The van der Waals surface area contributed by atoms with Crippen molar-refractivity contribution in [1.82, 2.24) is 15.1 Å². The summed E-state index contributed by atoms with van der Waals surface area (Å²) in [6, 6.07) is 7.93. The smallest absolute Gasteiger partial charge is 0.123 e. The monoisotopic (exact) mass is 289 g/mol. The van der Waals surface area contributed by atoms with Crippen LogP contribution < -0.4 is 10.1 Å². The molecule has 0 amide bonds. The normalized spacial score (nSPS) is 13.9. The molecule has 1 unspecified atom stereocenters. The number of benzene rings is 1. The lowest BCUT2D eigenvalue weighted by molar-refractivity contribution is 0.0565. The number of aromatic nitrogens is 2. The molecule has 5 heteroatoms. The Morgan fingerprint density at radius 2 is 2.14 bits per heavy atom. The van der Waals surface area contributed by atoms with Gasteiger partial charge in [-0.2, -0.15) is 5.10 Å². The van der Waals surface area contributed by atoms with Crippen LogP contribution in [0.25, 0.3) is 0 Å². The molecule has 2 aromatic rings. The molecule has 0 aliphatic carbocycles. The molecule has 114 valence electrons. The number of nitrogens with zero attached hydrogens (tertiary/aromatic N) is 2. The number of aryl methyl sites for hydroxylation is 1. The first-order valence-electron chi connectivity index (χ1n) is 7.16. The van der Waals surface area contributed by atoms with Crippen molar-refractivity contribution in [3.8, 4) is 5.75 Å². The highest BCUT2D eigenvalue weighted by atomic mass is 16.5. The molecule has 0 aliphatic rings. The molecule has 0 aliphatic heterocycles. The van der Waals surface area contributed by atoms with Gasteiger partial charge in [-0.25, -0.2) is 0 Å². The number of aliphatic hydroxyl groups is 1. The van der Waals surface area contributed by atoms with Crippen LogP contribution in [0, 0.1) is 0 Å². The molecular weight excluding hydrogens is 266 g/mol. The van der Waals surface area contributed by atoms with Gasteiger partial charge >= 0.3 is 0 Å². The molecule has 2 rings (SSSR count). The molecule has 0 fully saturated rings. The standard InChI is InChI=1S/C16H23N3O2/c1-4-21-15-8-6-5-7-13(15)9-17-12-16(2,20)14-10-18-19(3)11-14/h5-8,10-11,17,20H,4,9,12H2,1-3H3. The Morgan fingerprint density at radius 1 is 1.38 bits per heavy atom. The van der Waals surface area contributed by atoms with Crippen LogP contribution in [0.2, 0.25) is 0 Å². The van der Waals surface area contributed by atoms with Crippen LogP contribution in [0.3, 0.4) is 0 Å². The van der Waals surface area contributed by atoms with Gasteiger partial charge in [0.25, 0.3) is 0 Å². The zero-order valence-corrected chi connectivity index (χ0v) is 12.8. The molecule has 0 saturated heterocycles. The third-order valence-electron chi connectivity index (χ3n) is 3.38. The van der Waals surface area contributed by atoms with Crippen molar-refractivity contribution in [3.63, 3.8) is 0 Å². The lowest BCUT2D eigenvalue weighted by Crippen LogP contribution is -2.35. The second kappa shape index (κ2) is 6.74. The Balaban J connectivity index is 1.95. The van der Waals surface area contributed by atoms with E-state index in [0.717, 1.165) is 16.9 Å². The zero-order chi connectivity index (χ0) is 15.3. The van der Waals surface area contributed by atoms with Crippen LogP contribution >= 0.6 is 0 Å². The topological polar surface area (TPSA) is 59.3 Å². The predicted octanol–water partition coefficient (Wildman–Crippen LogP) is 1.82. The van der Waals surface area contributed by atoms with Crippen molar-refractivity contribution in [2.24, 2.45) is 7.05 Å². The fourth-order valence-electron chi connectivity index (χ4n) is 2.19. The summed E-state index contributed by atoms with van der Waals surface area (Å²) in [7, 11) is 1.84. The van der Waals surface area contributed by atoms with Gasteiger partial charge < -0.3 is 15.2 Å². The van der Waals surface area contributed by atoms with E-state index in [0.29, 0.717) is 19.7 Å². The first-order chi connectivity index (χ1) is 10.0. The van der Waals surface area contributed by atoms with Crippen molar-refractivity contribution >= 4 is 0 Å². The zero-order valence-electron chi connectivity index (χ0n) is 12.8. The van der Waals surface area contributed by atoms with Gasteiger partial charge in [0.1, 0.15) is 11.4 Å². The summed E-state index contributed by atoms with van der Waals surface area (Å²) in [6.45, 7) is 5.49. The number of rotatable bonds is 7. The van der Waals surface area contributed by atoms with Gasteiger partial charge in [0.15, 0.2) is 0 Å². The van der Waals surface area contributed by atoms with E-state index in [1.54, 1.807) is 17.8 Å². The van der Waals surface area contributed by atoms with Crippen LogP contribution in [0.1, 0.15) is 25.0 Å². The lowest BCUT2D eigenvalue weighted by atomic mass is 9.99. The molecule has 2 N–H and O–H groups in total. The fourth-order valence-corrected chi connectivity index (χ4v) is 2.19. The van der Waals surface area contributed by atoms with E-state index in [1.165, 1.54) is 0 Å². The second-order valence-electron chi connectivity index (χ2n) is 5.32. The average Bonchev–Trinajstić information content (AvgIpc) is 2.88. The number of para-hydroxylation sites is 1. The number of ether oxygens (including phenoxy) is 1. The largest absolute Gasteiger partial charge is 0.494 e. The molecule has 1 aromatic heterocycles. The maximum atomic E-state index is 10.5. The van der Waals surface area contributed by atoms with E-state index in [-0.39, 0.29) is 0 Å². The molecule has 0 spiro atoms. The Kier molecular flexibility index (Phi) is 4.98. The average molecular weight is 289 g/mol. The highest BCUT2D eigenvalue weighted by Crippen LogP contribution is 2.20. The Labute approximate surface area is 125 Å². The van der Waals surface area contributed by atoms with Crippen LogP contribution in [0.5, 0.6) is 5.75 Å². The molecule has 0 radical (unpaired) electrons. The fraction of sp³-hybridized carbons (Fsp3) is 0.438. The van der Waals surface area contributed by atoms with Gasteiger partial charge in [0.2, 0.25) is 0 Å². The summed E-state index contributed by atoms with van der Waals surface area (Å²) >= 11 is 0. The van der Waals surface area contributed by atoms with E-state index in [4.69, 9.17) is 4.74 Å². The third-order valence-corrected chi connectivity index (χ3v) is 3.38.